The van der Waals surface area contributed by atoms with Gasteiger partial charge in [0.15, 0.2) is 5.75 Å². The molecule has 1 heterocycles. The minimum absolute atomic E-state index is 0.0120. The van der Waals surface area contributed by atoms with Gasteiger partial charge < -0.3 is 15.0 Å². The SMILES string of the molecule is CCOc1cc(NCC2CCN(C)C2)ccc1[N+](=O)[O-]. The second-order valence-electron chi connectivity index (χ2n) is 5.17. The molecular formula is C14H21N3O3. The van der Waals surface area contributed by atoms with Crippen LogP contribution >= 0.6 is 0 Å². The summed E-state index contributed by atoms with van der Waals surface area (Å²) in [5, 5.41) is 14.3. The molecule has 0 spiro atoms. The summed E-state index contributed by atoms with van der Waals surface area (Å²) in [5.74, 6) is 0.955. The first-order valence-corrected chi connectivity index (χ1v) is 6.93. The summed E-state index contributed by atoms with van der Waals surface area (Å²) in [6, 6.07) is 4.94. The fourth-order valence-corrected chi connectivity index (χ4v) is 2.50. The lowest BCUT2D eigenvalue weighted by molar-refractivity contribution is -0.385. The molecule has 0 bridgehead atoms. The van der Waals surface area contributed by atoms with Gasteiger partial charge in [-0.05, 0) is 38.9 Å². The van der Waals surface area contributed by atoms with E-state index in [-0.39, 0.29) is 5.69 Å². The smallest absolute Gasteiger partial charge is 0.311 e. The molecule has 1 fully saturated rings. The first-order valence-electron chi connectivity index (χ1n) is 6.93. The Morgan fingerprint density at radius 1 is 1.55 bits per heavy atom. The molecule has 1 atom stereocenters. The van der Waals surface area contributed by atoms with Gasteiger partial charge in [-0.25, -0.2) is 0 Å². The number of anilines is 1. The first kappa shape index (κ1) is 14.6. The zero-order valence-corrected chi connectivity index (χ0v) is 12.0. The van der Waals surface area contributed by atoms with Crippen LogP contribution < -0.4 is 10.1 Å². The molecular weight excluding hydrogens is 258 g/mol. The van der Waals surface area contributed by atoms with Gasteiger partial charge in [0.1, 0.15) is 0 Å². The molecule has 1 saturated heterocycles. The van der Waals surface area contributed by atoms with Crippen molar-refractivity contribution in [2.24, 2.45) is 5.92 Å². The Bertz CT molecular complexity index is 479. The van der Waals surface area contributed by atoms with Gasteiger partial charge in [-0.1, -0.05) is 0 Å². The Kier molecular flexibility index (Phi) is 4.79. The van der Waals surface area contributed by atoms with Crippen LogP contribution in [-0.2, 0) is 0 Å². The highest BCUT2D eigenvalue weighted by Crippen LogP contribution is 2.30. The number of nitrogens with one attached hydrogen (secondary N) is 1. The van der Waals surface area contributed by atoms with Gasteiger partial charge in [0, 0.05) is 30.9 Å². The standard InChI is InChI=1S/C14H21N3O3/c1-3-20-14-8-12(4-5-13(14)17(18)19)15-9-11-6-7-16(2)10-11/h4-5,8,11,15H,3,6-7,9-10H2,1-2H3. The van der Waals surface area contributed by atoms with Crippen LogP contribution in [0.1, 0.15) is 13.3 Å². The van der Waals surface area contributed by atoms with Gasteiger partial charge in [0.2, 0.25) is 0 Å². The average Bonchev–Trinajstić information content (AvgIpc) is 2.82. The molecule has 6 heteroatoms. The second-order valence-corrected chi connectivity index (χ2v) is 5.17. The van der Waals surface area contributed by atoms with Gasteiger partial charge in [-0.3, -0.25) is 10.1 Å². The summed E-state index contributed by atoms with van der Waals surface area (Å²) >= 11 is 0. The molecule has 0 aliphatic carbocycles. The third-order valence-corrected chi connectivity index (χ3v) is 3.54. The number of ether oxygens (including phenoxy) is 1. The molecule has 1 aromatic carbocycles. The Balaban J connectivity index is 2.01. The summed E-state index contributed by atoms with van der Waals surface area (Å²) < 4.78 is 5.34. The van der Waals surface area contributed by atoms with Crippen molar-refractivity contribution in [2.75, 3.05) is 38.6 Å². The van der Waals surface area contributed by atoms with Crippen molar-refractivity contribution in [1.29, 1.82) is 0 Å². The van der Waals surface area contributed by atoms with E-state index in [1.807, 2.05) is 6.92 Å². The Morgan fingerprint density at radius 2 is 2.35 bits per heavy atom. The van der Waals surface area contributed by atoms with Crippen LogP contribution in [0.5, 0.6) is 5.75 Å². The van der Waals surface area contributed by atoms with Crippen LogP contribution in [0.15, 0.2) is 18.2 Å². The summed E-state index contributed by atoms with van der Waals surface area (Å²) in [6.45, 7) is 5.35. The summed E-state index contributed by atoms with van der Waals surface area (Å²) in [5.41, 5.74) is 0.881. The number of nitro groups is 1. The summed E-state index contributed by atoms with van der Waals surface area (Å²) in [4.78, 5) is 12.8. The number of hydrogen-bond donors (Lipinski definition) is 1. The Labute approximate surface area is 118 Å². The number of nitrogens with zero attached hydrogens (tertiary/aromatic N) is 2. The fourth-order valence-electron chi connectivity index (χ4n) is 2.50. The highest BCUT2D eigenvalue weighted by molar-refractivity contribution is 5.58. The predicted molar refractivity (Wildman–Crippen MR) is 78.4 cm³/mol. The van der Waals surface area contributed by atoms with Gasteiger partial charge in [0.05, 0.1) is 11.5 Å². The molecule has 1 aliphatic heterocycles. The van der Waals surface area contributed by atoms with Gasteiger partial charge >= 0.3 is 5.69 Å². The third kappa shape index (κ3) is 3.60. The Morgan fingerprint density at radius 3 is 2.95 bits per heavy atom. The molecule has 0 radical (unpaired) electrons. The first-order chi connectivity index (χ1) is 9.60. The number of nitro benzene ring substituents is 1. The molecule has 0 amide bonds. The topological polar surface area (TPSA) is 67.6 Å². The van der Waals surface area contributed by atoms with Crippen LogP contribution in [0, 0.1) is 16.0 Å². The molecule has 0 saturated carbocycles. The lowest BCUT2D eigenvalue weighted by Gasteiger charge is -2.13. The Hall–Kier alpha value is -1.82. The largest absolute Gasteiger partial charge is 0.487 e. The lowest BCUT2D eigenvalue weighted by Crippen LogP contribution is -2.19. The highest BCUT2D eigenvalue weighted by atomic mass is 16.6. The normalized spacial score (nSPS) is 19.0. The van der Waals surface area contributed by atoms with Crippen molar-refractivity contribution in [2.45, 2.75) is 13.3 Å². The van der Waals surface area contributed by atoms with E-state index in [9.17, 15) is 10.1 Å². The molecule has 6 nitrogen and oxygen atoms in total. The average molecular weight is 279 g/mol. The number of hydrogen-bond acceptors (Lipinski definition) is 5. The minimum Gasteiger partial charge on any atom is -0.487 e. The molecule has 0 aromatic heterocycles. The van der Waals surface area contributed by atoms with Crippen LogP contribution in [0.4, 0.5) is 11.4 Å². The highest BCUT2D eigenvalue weighted by Gasteiger charge is 2.20. The van der Waals surface area contributed by atoms with Crippen molar-refractivity contribution in [3.8, 4) is 5.75 Å². The molecule has 2 rings (SSSR count). The van der Waals surface area contributed by atoms with E-state index in [0.717, 1.165) is 25.3 Å². The predicted octanol–water partition coefficient (Wildman–Crippen LogP) is 2.36. The van der Waals surface area contributed by atoms with E-state index in [1.54, 1.807) is 12.1 Å². The fraction of sp³-hybridized carbons (Fsp3) is 0.571. The lowest BCUT2D eigenvalue weighted by atomic mass is 10.1. The van der Waals surface area contributed by atoms with Crippen molar-refractivity contribution in [3.63, 3.8) is 0 Å². The third-order valence-electron chi connectivity index (χ3n) is 3.54. The molecule has 1 aliphatic rings. The van der Waals surface area contributed by atoms with Gasteiger partial charge in [0.25, 0.3) is 0 Å². The van der Waals surface area contributed by atoms with E-state index in [4.69, 9.17) is 4.74 Å². The second kappa shape index (κ2) is 6.56. The summed E-state index contributed by atoms with van der Waals surface area (Å²) in [7, 11) is 2.12. The summed E-state index contributed by atoms with van der Waals surface area (Å²) in [6.07, 6.45) is 1.19. The molecule has 110 valence electrons. The number of likely N-dealkylation sites (tertiary alicyclic amines) is 1. The number of benzene rings is 1. The maximum Gasteiger partial charge on any atom is 0.311 e. The van der Waals surface area contributed by atoms with Crippen LogP contribution in [0.2, 0.25) is 0 Å². The van der Waals surface area contributed by atoms with E-state index in [1.165, 1.54) is 12.5 Å². The van der Waals surface area contributed by atoms with Gasteiger partial charge in [-0.2, -0.15) is 0 Å². The van der Waals surface area contributed by atoms with E-state index in [0.29, 0.717) is 18.3 Å². The number of rotatable bonds is 6. The monoisotopic (exact) mass is 279 g/mol. The maximum absolute atomic E-state index is 10.9. The van der Waals surface area contributed by atoms with Crippen LogP contribution in [0.25, 0.3) is 0 Å². The van der Waals surface area contributed by atoms with Crippen LogP contribution in [-0.4, -0.2) is 43.1 Å². The zero-order valence-electron chi connectivity index (χ0n) is 12.0. The van der Waals surface area contributed by atoms with E-state index < -0.39 is 4.92 Å². The maximum atomic E-state index is 10.9. The molecule has 1 N–H and O–H groups in total. The van der Waals surface area contributed by atoms with Crippen molar-refractivity contribution in [3.05, 3.63) is 28.3 Å². The minimum atomic E-state index is -0.416. The van der Waals surface area contributed by atoms with E-state index >= 15 is 0 Å². The van der Waals surface area contributed by atoms with Crippen molar-refractivity contribution >= 4 is 11.4 Å². The van der Waals surface area contributed by atoms with E-state index in [2.05, 4.69) is 17.3 Å². The van der Waals surface area contributed by atoms with Gasteiger partial charge in [-0.15, -0.1) is 0 Å². The van der Waals surface area contributed by atoms with Crippen molar-refractivity contribution in [1.82, 2.24) is 4.90 Å². The molecule has 1 unspecified atom stereocenters. The zero-order chi connectivity index (χ0) is 14.5. The molecule has 1 aromatic rings. The van der Waals surface area contributed by atoms with Crippen LogP contribution in [0.3, 0.4) is 0 Å². The molecule has 20 heavy (non-hydrogen) atoms. The quantitative estimate of drug-likeness (QED) is 0.639. The van der Waals surface area contributed by atoms with Crippen molar-refractivity contribution < 1.29 is 9.66 Å².